The van der Waals surface area contributed by atoms with Crippen LogP contribution in [0.4, 0.5) is 0 Å². The first-order valence-corrected chi connectivity index (χ1v) is 10.5. The van der Waals surface area contributed by atoms with Crippen molar-refractivity contribution >= 4 is 40.8 Å². The van der Waals surface area contributed by atoms with E-state index in [-0.39, 0.29) is 24.4 Å². The molecule has 0 aliphatic carbocycles. The van der Waals surface area contributed by atoms with Gasteiger partial charge in [-0.2, -0.15) is 0 Å². The van der Waals surface area contributed by atoms with Crippen LogP contribution in [-0.4, -0.2) is 37.1 Å². The fourth-order valence-electron chi connectivity index (χ4n) is 3.76. The molecule has 3 aromatic rings. The van der Waals surface area contributed by atoms with Crippen LogP contribution in [0.1, 0.15) is 34.9 Å². The Morgan fingerprint density at radius 2 is 1.93 bits per heavy atom. The molecule has 3 N–H and O–H groups in total. The van der Waals surface area contributed by atoms with E-state index in [0.29, 0.717) is 29.7 Å². The Balaban J connectivity index is 0.00000256. The molecule has 30 heavy (non-hydrogen) atoms. The molecule has 0 saturated carbocycles. The number of nitrogens with one attached hydrogen (secondary N) is 3. The first kappa shape index (κ1) is 22.6. The number of piperidine rings is 1. The molecule has 4 rings (SSSR count). The number of halogens is 2. The molecule has 0 spiro atoms. The highest BCUT2D eigenvalue weighted by Crippen LogP contribution is 2.24. The van der Waals surface area contributed by atoms with Gasteiger partial charge in [-0.25, -0.2) is 0 Å². The van der Waals surface area contributed by atoms with Gasteiger partial charge in [0.1, 0.15) is 0 Å². The van der Waals surface area contributed by atoms with Crippen molar-refractivity contribution in [1.29, 1.82) is 0 Å². The fourth-order valence-corrected chi connectivity index (χ4v) is 3.98. The van der Waals surface area contributed by atoms with Crippen LogP contribution in [0.2, 0.25) is 5.02 Å². The second kappa shape index (κ2) is 10.8. The second-order valence-corrected chi connectivity index (χ2v) is 7.94. The number of fused-ring (bicyclic) bond motifs is 1. The van der Waals surface area contributed by atoms with E-state index in [1.54, 1.807) is 12.3 Å². The number of H-pyrrole nitrogens is 1. The van der Waals surface area contributed by atoms with Gasteiger partial charge in [0.2, 0.25) is 0 Å². The Labute approximate surface area is 187 Å². The van der Waals surface area contributed by atoms with Gasteiger partial charge in [-0.3, -0.25) is 4.79 Å². The predicted molar refractivity (Wildman–Crippen MR) is 124 cm³/mol. The summed E-state index contributed by atoms with van der Waals surface area (Å²) in [6, 6.07) is 15.6. The lowest BCUT2D eigenvalue weighted by Crippen LogP contribution is -2.33. The van der Waals surface area contributed by atoms with Crippen LogP contribution < -0.4 is 10.6 Å². The predicted octanol–water partition coefficient (Wildman–Crippen LogP) is 4.73. The number of ether oxygens (including phenoxy) is 1. The van der Waals surface area contributed by atoms with Crippen molar-refractivity contribution in [3.63, 3.8) is 0 Å². The van der Waals surface area contributed by atoms with Gasteiger partial charge in [0.05, 0.1) is 17.7 Å². The van der Waals surface area contributed by atoms with Crippen LogP contribution in [0, 0.1) is 5.92 Å². The van der Waals surface area contributed by atoms with Gasteiger partial charge in [0.15, 0.2) is 0 Å². The van der Waals surface area contributed by atoms with E-state index in [0.717, 1.165) is 42.4 Å². The normalized spacial score (nSPS) is 15.5. The maximum atomic E-state index is 12.7. The van der Waals surface area contributed by atoms with Crippen molar-refractivity contribution in [3.05, 3.63) is 70.9 Å². The Morgan fingerprint density at radius 1 is 1.17 bits per heavy atom. The zero-order chi connectivity index (χ0) is 20.1. The summed E-state index contributed by atoms with van der Waals surface area (Å²) in [6.07, 6.45) is 3.83. The molecule has 2 aromatic carbocycles. The number of amides is 1. The lowest BCUT2D eigenvalue weighted by Gasteiger charge is -2.26. The van der Waals surface area contributed by atoms with Crippen molar-refractivity contribution in [3.8, 4) is 0 Å². The highest BCUT2D eigenvalue weighted by atomic mass is 35.5. The number of carbonyl (C=O) groups is 1. The molecular weight excluding hydrogens is 421 g/mol. The standard InChI is InChI=1S/C23H26ClN3O2.ClH/c24-20-13-26-21-12-18(6-7-19(20)21)23(28)27-14-22(17-4-2-1-3-5-17)29-15-16-8-10-25-11-9-16;/h1-7,12-13,16,22,25-26H,8-11,14-15H2,(H,27,28);1H. The molecule has 1 aliphatic rings. The number of benzene rings is 2. The Kier molecular flexibility index (Phi) is 8.16. The molecular formula is C23H27Cl2N3O2. The summed E-state index contributed by atoms with van der Waals surface area (Å²) < 4.78 is 6.26. The fraction of sp³-hybridized carbons (Fsp3) is 0.348. The van der Waals surface area contributed by atoms with Crippen LogP contribution in [-0.2, 0) is 4.74 Å². The number of aromatic nitrogens is 1. The molecule has 1 saturated heterocycles. The highest BCUT2D eigenvalue weighted by molar-refractivity contribution is 6.35. The molecule has 1 fully saturated rings. The van der Waals surface area contributed by atoms with Crippen LogP contribution in [0.3, 0.4) is 0 Å². The van der Waals surface area contributed by atoms with Crippen LogP contribution >= 0.6 is 24.0 Å². The lowest BCUT2D eigenvalue weighted by atomic mass is 9.99. The largest absolute Gasteiger partial charge is 0.371 e. The summed E-state index contributed by atoms with van der Waals surface area (Å²) in [4.78, 5) is 15.8. The third-order valence-corrected chi connectivity index (χ3v) is 5.82. The van der Waals surface area contributed by atoms with Crippen molar-refractivity contribution in [1.82, 2.24) is 15.6 Å². The molecule has 1 aromatic heterocycles. The summed E-state index contributed by atoms with van der Waals surface area (Å²) in [6.45, 7) is 3.24. The van der Waals surface area contributed by atoms with Gasteiger partial charge in [-0.1, -0.05) is 48.0 Å². The molecule has 1 atom stereocenters. The Morgan fingerprint density at radius 3 is 2.70 bits per heavy atom. The van der Waals surface area contributed by atoms with E-state index in [4.69, 9.17) is 16.3 Å². The first-order chi connectivity index (χ1) is 14.2. The molecule has 1 amide bonds. The molecule has 5 nitrogen and oxygen atoms in total. The highest BCUT2D eigenvalue weighted by Gasteiger charge is 2.19. The van der Waals surface area contributed by atoms with Gasteiger partial charge in [0, 0.05) is 29.2 Å². The Hall–Kier alpha value is -2.05. The van der Waals surface area contributed by atoms with Gasteiger partial charge < -0.3 is 20.4 Å². The number of rotatable bonds is 7. The molecule has 0 bridgehead atoms. The van der Waals surface area contributed by atoms with E-state index in [2.05, 4.69) is 15.6 Å². The van der Waals surface area contributed by atoms with Crippen molar-refractivity contribution in [2.75, 3.05) is 26.2 Å². The summed E-state index contributed by atoms with van der Waals surface area (Å²) in [5, 5.41) is 7.98. The topological polar surface area (TPSA) is 66.2 Å². The minimum absolute atomic E-state index is 0. The zero-order valence-electron chi connectivity index (χ0n) is 16.7. The van der Waals surface area contributed by atoms with Crippen molar-refractivity contribution in [2.24, 2.45) is 5.92 Å². The minimum atomic E-state index is -0.168. The molecule has 7 heteroatoms. The number of carbonyl (C=O) groups excluding carboxylic acids is 1. The smallest absolute Gasteiger partial charge is 0.251 e. The van der Waals surface area contributed by atoms with Crippen LogP contribution in [0.15, 0.2) is 54.7 Å². The average Bonchev–Trinajstić information content (AvgIpc) is 3.15. The first-order valence-electron chi connectivity index (χ1n) is 10.1. The SMILES string of the molecule is Cl.O=C(NCC(OCC1CCNCC1)c1ccccc1)c1ccc2c(Cl)c[nH]c2c1. The average molecular weight is 448 g/mol. The van der Waals surface area contributed by atoms with E-state index < -0.39 is 0 Å². The summed E-state index contributed by atoms with van der Waals surface area (Å²) in [5.74, 6) is 0.446. The van der Waals surface area contributed by atoms with Gasteiger partial charge >= 0.3 is 0 Å². The van der Waals surface area contributed by atoms with E-state index in [9.17, 15) is 4.79 Å². The van der Waals surface area contributed by atoms with Gasteiger partial charge in [-0.05, 0) is 49.5 Å². The maximum absolute atomic E-state index is 12.7. The molecule has 1 unspecified atom stereocenters. The zero-order valence-corrected chi connectivity index (χ0v) is 18.3. The quantitative estimate of drug-likeness (QED) is 0.490. The number of aromatic amines is 1. The number of hydrogen-bond acceptors (Lipinski definition) is 3. The lowest BCUT2D eigenvalue weighted by molar-refractivity contribution is 0.0213. The summed E-state index contributed by atoms with van der Waals surface area (Å²) >= 11 is 6.12. The second-order valence-electron chi connectivity index (χ2n) is 7.53. The molecule has 160 valence electrons. The van der Waals surface area contributed by atoms with Crippen molar-refractivity contribution in [2.45, 2.75) is 18.9 Å². The van der Waals surface area contributed by atoms with Gasteiger partial charge in [-0.15, -0.1) is 12.4 Å². The maximum Gasteiger partial charge on any atom is 0.251 e. The van der Waals surface area contributed by atoms with E-state index in [1.807, 2.05) is 42.5 Å². The summed E-state index contributed by atoms with van der Waals surface area (Å²) in [7, 11) is 0. The van der Waals surface area contributed by atoms with Crippen LogP contribution in [0.5, 0.6) is 0 Å². The Bertz CT molecular complexity index is 955. The monoisotopic (exact) mass is 447 g/mol. The third-order valence-electron chi connectivity index (χ3n) is 5.50. The molecule has 1 aliphatic heterocycles. The molecule has 0 radical (unpaired) electrons. The van der Waals surface area contributed by atoms with Gasteiger partial charge in [0.25, 0.3) is 5.91 Å². The van der Waals surface area contributed by atoms with Crippen LogP contribution in [0.25, 0.3) is 10.9 Å². The minimum Gasteiger partial charge on any atom is -0.371 e. The van der Waals surface area contributed by atoms with E-state index >= 15 is 0 Å². The number of hydrogen-bond donors (Lipinski definition) is 3. The van der Waals surface area contributed by atoms with Crippen molar-refractivity contribution < 1.29 is 9.53 Å². The third kappa shape index (κ3) is 5.55. The van der Waals surface area contributed by atoms with E-state index in [1.165, 1.54) is 0 Å². The molecule has 2 heterocycles. The summed E-state index contributed by atoms with van der Waals surface area (Å²) in [5.41, 5.74) is 2.53.